The molecule has 1 aliphatic rings. The van der Waals surface area contributed by atoms with E-state index in [9.17, 15) is 9.90 Å². The fourth-order valence-corrected chi connectivity index (χ4v) is 3.10. The molecule has 0 unspecified atom stereocenters. The Morgan fingerprint density at radius 1 is 1.50 bits per heavy atom. The predicted molar refractivity (Wildman–Crippen MR) is 70.9 cm³/mol. The predicted octanol–water partition coefficient (Wildman–Crippen LogP) is 0.573. The van der Waals surface area contributed by atoms with Crippen molar-refractivity contribution in [2.24, 2.45) is 0 Å². The molecule has 2 aromatic rings. The van der Waals surface area contributed by atoms with Crippen LogP contribution in [0.5, 0.6) is 0 Å². The quantitative estimate of drug-likeness (QED) is 0.833. The number of aromatic nitrogens is 2. The van der Waals surface area contributed by atoms with Gasteiger partial charge in [0.05, 0.1) is 23.9 Å². The zero-order valence-electron chi connectivity index (χ0n) is 9.93. The minimum absolute atomic E-state index is 0.0618. The number of piperidine rings is 1. The highest BCUT2D eigenvalue weighted by Crippen LogP contribution is 2.20. The fourth-order valence-electron chi connectivity index (χ4n) is 2.37. The molecule has 0 saturated carbocycles. The maximum absolute atomic E-state index is 12.2. The van der Waals surface area contributed by atoms with Gasteiger partial charge in [-0.3, -0.25) is 9.36 Å². The van der Waals surface area contributed by atoms with Crippen molar-refractivity contribution < 1.29 is 5.11 Å². The van der Waals surface area contributed by atoms with E-state index in [1.807, 2.05) is 5.38 Å². The summed E-state index contributed by atoms with van der Waals surface area (Å²) < 4.78 is 1.53. The van der Waals surface area contributed by atoms with Gasteiger partial charge in [-0.05, 0) is 37.4 Å². The van der Waals surface area contributed by atoms with Crippen molar-refractivity contribution >= 4 is 21.6 Å². The maximum atomic E-state index is 12.2. The minimum Gasteiger partial charge on any atom is -0.388 e. The normalized spacial score (nSPS) is 19.2. The molecule has 0 amide bonds. The summed E-state index contributed by atoms with van der Waals surface area (Å²) in [6, 6.07) is 1.79. The van der Waals surface area contributed by atoms with Crippen LogP contribution in [-0.4, -0.2) is 33.3 Å². The highest BCUT2D eigenvalue weighted by atomic mass is 32.1. The zero-order valence-corrected chi connectivity index (χ0v) is 10.7. The topological polar surface area (TPSA) is 67.2 Å². The SMILES string of the molecule is O=c1c2ccsc2ncn1CC1(O)CCNCC1. The third-order valence-corrected chi connectivity index (χ3v) is 4.27. The Balaban J connectivity index is 1.94. The number of thiophene rings is 1. The second kappa shape index (κ2) is 4.46. The zero-order chi connectivity index (χ0) is 12.6. The summed E-state index contributed by atoms with van der Waals surface area (Å²) in [5.74, 6) is 0. The number of hydrogen-bond acceptors (Lipinski definition) is 5. The van der Waals surface area contributed by atoms with Gasteiger partial charge in [0.1, 0.15) is 4.83 Å². The van der Waals surface area contributed by atoms with Crippen LogP contribution >= 0.6 is 11.3 Å². The molecule has 1 saturated heterocycles. The monoisotopic (exact) mass is 265 g/mol. The first-order chi connectivity index (χ1) is 8.68. The van der Waals surface area contributed by atoms with Gasteiger partial charge in [-0.1, -0.05) is 0 Å². The number of nitrogens with zero attached hydrogens (tertiary/aromatic N) is 2. The van der Waals surface area contributed by atoms with Crippen molar-refractivity contribution in [1.29, 1.82) is 0 Å². The van der Waals surface area contributed by atoms with Crippen molar-refractivity contribution in [3.63, 3.8) is 0 Å². The highest BCUT2D eigenvalue weighted by Gasteiger charge is 2.30. The van der Waals surface area contributed by atoms with Crippen LogP contribution in [0.3, 0.4) is 0 Å². The van der Waals surface area contributed by atoms with Gasteiger partial charge in [0, 0.05) is 0 Å². The van der Waals surface area contributed by atoms with E-state index in [2.05, 4.69) is 10.3 Å². The third-order valence-electron chi connectivity index (χ3n) is 3.45. The largest absolute Gasteiger partial charge is 0.388 e. The summed E-state index contributed by atoms with van der Waals surface area (Å²) in [6.07, 6.45) is 2.88. The van der Waals surface area contributed by atoms with Crippen molar-refractivity contribution in [3.05, 3.63) is 28.1 Å². The summed E-state index contributed by atoms with van der Waals surface area (Å²) in [7, 11) is 0. The molecule has 96 valence electrons. The van der Waals surface area contributed by atoms with Crippen LogP contribution in [0.15, 0.2) is 22.6 Å². The van der Waals surface area contributed by atoms with E-state index in [1.165, 1.54) is 15.9 Å². The molecule has 5 nitrogen and oxygen atoms in total. The van der Waals surface area contributed by atoms with Crippen LogP contribution < -0.4 is 10.9 Å². The molecule has 3 heterocycles. The second-order valence-corrected chi connectivity index (χ2v) is 5.69. The molecule has 0 spiro atoms. The molecule has 2 aromatic heterocycles. The second-order valence-electron chi connectivity index (χ2n) is 4.79. The Morgan fingerprint density at radius 3 is 3.06 bits per heavy atom. The number of fused-ring (bicyclic) bond motifs is 1. The lowest BCUT2D eigenvalue weighted by Gasteiger charge is -2.32. The molecule has 0 atom stereocenters. The van der Waals surface area contributed by atoms with Crippen LogP contribution in [0, 0.1) is 0 Å². The van der Waals surface area contributed by atoms with E-state index in [0.29, 0.717) is 24.8 Å². The Morgan fingerprint density at radius 2 is 2.28 bits per heavy atom. The number of aliphatic hydroxyl groups is 1. The molecule has 1 fully saturated rings. The standard InChI is InChI=1S/C12H15N3O2S/c16-11-9-1-6-18-10(9)14-8-15(11)7-12(17)2-4-13-5-3-12/h1,6,8,13,17H,2-5,7H2. The lowest BCUT2D eigenvalue weighted by molar-refractivity contribution is -0.00627. The van der Waals surface area contributed by atoms with Crippen molar-refractivity contribution in [2.45, 2.75) is 25.0 Å². The first-order valence-electron chi connectivity index (χ1n) is 6.04. The van der Waals surface area contributed by atoms with Gasteiger partial charge in [0.25, 0.3) is 5.56 Å². The van der Waals surface area contributed by atoms with E-state index in [0.717, 1.165) is 17.9 Å². The minimum atomic E-state index is -0.791. The van der Waals surface area contributed by atoms with Gasteiger partial charge in [-0.25, -0.2) is 4.98 Å². The summed E-state index contributed by atoms with van der Waals surface area (Å²) in [4.78, 5) is 17.2. The van der Waals surface area contributed by atoms with Gasteiger partial charge in [0.15, 0.2) is 0 Å². The van der Waals surface area contributed by atoms with E-state index in [1.54, 1.807) is 12.4 Å². The van der Waals surface area contributed by atoms with Crippen LogP contribution in [-0.2, 0) is 6.54 Å². The number of rotatable bonds is 2. The molecule has 2 N–H and O–H groups in total. The van der Waals surface area contributed by atoms with Gasteiger partial charge in [-0.15, -0.1) is 11.3 Å². The highest BCUT2D eigenvalue weighted by molar-refractivity contribution is 7.16. The van der Waals surface area contributed by atoms with E-state index >= 15 is 0 Å². The van der Waals surface area contributed by atoms with Crippen LogP contribution in [0.2, 0.25) is 0 Å². The molecular weight excluding hydrogens is 250 g/mol. The van der Waals surface area contributed by atoms with Gasteiger partial charge in [0.2, 0.25) is 0 Å². The Bertz CT molecular complexity index is 613. The van der Waals surface area contributed by atoms with Gasteiger partial charge >= 0.3 is 0 Å². The van der Waals surface area contributed by atoms with Gasteiger partial charge < -0.3 is 10.4 Å². The number of hydrogen-bond donors (Lipinski definition) is 2. The molecule has 18 heavy (non-hydrogen) atoms. The van der Waals surface area contributed by atoms with Crippen LogP contribution in [0.1, 0.15) is 12.8 Å². The Hall–Kier alpha value is -1.24. The molecule has 0 aliphatic carbocycles. The summed E-state index contributed by atoms with van der Waals surface area (Å²) in [5.41, 5.74) is -0.853. The van der Waals surface area contributed by atoms with Crippen molar-refractivity contribution in [3.8, 4) is 0 Å². The van der Waals surface area contributed by atoms with Crippen LogP contribution in [0.4, 0.5) is 0 Å². The molecule has 0 radical (unpaired) electrons. The summed E-state index contributed by atoms with van der Waals surface area (Å²) in [6.45, 7) is 1.91. The third kappa shape index (κ3) is 2.07. The van der Waals surface area contributed by atoms with E-state index < -0.39 is 5.60 Å². The summed E-state index contributed by atoms with van der Waals surface area (Å²) >= 11 is 1.46. The molecule has 6 heteroatoms. The van der Waals surface area contributed by atoms with Gasteiger partial charge in [-0.2, -0.15) is 0 Å². The molecule has 0 aromatic carbocycles. The number of nitrogens with one attached hydrogen (secondary N) is 1. The van der Waals surface area contributed by atoms with Crippen LogP contribution in [0.25, 0.3) is 10.2 Å². The lowest BCUT2D eigenvalue weighted by Crippen LogP contribution is -2.46. The fraction of sp³-hybridized carbons (Fsp3) is 0.500. The maximum Gasteiger partial charge on any atom is 0.262 e. The Labute approximate surface area is 108 Å². The Kier molecular flexibility index (Phi) is 2.93. The van der Waals surface area contributed by atoms with Crippen molar-refractivity contribution in [1.82, 2.24) is 14.9 Å². The molecule has 3 rings (SSSR count). The molecular formula is C12H15N3O2S. The summed E-state index contributed by atoms with van der Waals surface area (Å²) in [5, 5.41) is 16.2. The molecule has 1 aliphatic heterocycles. The molecule has 0 bridgehead atoms. The average molecular weight is 265 g/mol. The lowest BCUT2D eigenvalue weighted by atomic mass is 9.92. The van der Waals surface area contributed by atoms with Crippen molar-refractivity contribution in [2.75, 3.05) is 13.1 Å². The smallest absolute Gasteiger partial charge is 0.262 e. The first kappa shape index (κ1) is 11.8. The van der Waals surface area contributed by atoms with E-state index in [4.69, 9.17) is 0 Å². The van der Waals surface area contributed by atoms with E-state index in [-0.39, 0.29) is 5.56 Å². The first-order valence-corrected chi connectivity index (χ1v) is 6.92. The average Bonchev–Trinajstić information content (AvgIpc) is 2.83.